The molecular formula is C17H17N3O3. The lowest BCUT2D eigenvalue weighted by atomic mass is 9.76. The van der Waals surface area contributed by atoms with E-state index in [1.54, 1.807) is 12.2 Å². The summed E-state index contributed by atoms with van der Waals surface area (Å²) in [4.78, 5) is 27.2. The first-order valence-corrected chi connectivity index (χ1v) is 7.24. The molecule has 0 saturated carbocycles. The molecule has 1 aliphatic rings. The van der Waals surface area contributed by atoms with Crippen LogP contribution in [0, 0.1) is 5.41 Å². The van der Waals surface area contributed by atoms with E-state index in [1.807, 2.05) is 30.3 Å². The van der Waals surface area contributed by atoms with Crippen LogP contribution in [0.3, 0.4) is 0 Å². The fourth-order valence-corrected chi connectivity index (χ4v) is 2.60. The van der Waals surface area contributed by atoms with Gasteiger partial charge in [0.2, 0.25) is 0 Å². The topological polar surface area (TPSA) is 92.1 Å². The molecule has 0 aromatic heterocycles. The second kappa shape index (κ2) is 7.42. The van der Waals surface area contributed by atoms with Gasteiger partial charge in [-0.25, -0.2) is 0 Å². The van der Waals surface area contributed by atoms with Crippen molar-refractivity contribution < 1.29 is 14.3 Å². The van der Waals surface area contributed by atoms with Crippen molar-refractivity contribution in [3.63, 3.8) is 0 Å². The highest BCUT2D eigenvalue weighted by Crippen LogP contribution is 2.36. The molecule has 0 aliphatic heterocycles. The molecule has 0 bridgehead atoms. The molecule has 1 aliphatic carbocycles. The number of rotatable bonds is 6. The van der Waals surface area contributed by atoms with E-state index in [4.69, 9.17) is 10.3 Å². The van der Waals surface area contributed by atoms with Crippen molar-refractivity contribution in [1.29, 1.82) is 0 Å². The van der Waals surface area contributed by atoms with Crippen LogP contribution in [0.4, 0.5) is 0 Å². The summed E-state index contributed by atoms with van der Waals surface area (Å²) in [5, 5.41) is 3.48. The van der Waals surface area contributed by atoms with Crippen LogP contribution in [0.1, 0.15) is 18.4 Å². The number of carbonyl (C=O) groups is 2. The van der Waals surface area contributed by atoms with Gasteiger partial charge in [0.15, 0.2) is 5.78 Å². The van der Waals surface area contributed by atoms with E-state index in [-0.39, 0.29) is 12.3 Å². The van der Waals surface area contributed by atoms with Crippen LogP contribution in [0.15, 0.2) is 53.7 Å². The van der Waals surface area contributed by atoms with Crippen LogP contribution in [-0.2, 0) is 14.3 Å². The summed E-state index contributed by atoms with van der Waals surface area (Å²) in [6.07, 6.45) is 5.55. The zero-order valence-corrected chi connectivity index (χ0v) is 12.8. The van der Waals surface area contributed by atoms with E-state index >= 15 is 0 Å². The summed E-state index contributed by atoms with van der Waals surface area (Å²) in [7, 11) is 1.32. The number of ketones is 1. The van der Waals surface area contributed by atoms with Crippen LogP contribution in [-0.4, -0.2) is 25.4 Å². The molecule has 1 aromatic rings. The third-order valence-electron chi connectivity index (χ3n) is 3.76. The van der Waals surface area contributed by atoms with Crippen molar-refractivity contribution in [3.05, 3.63) is 64.6 Å². The average Bonchev–Trinajstić information content (AvgIpc) is 2.60. The molecule has 0 spiro atoms. The summed E-state index contributed by atoms with van der Waals surface area (Å²) in [6.45, 7) is 0.283. The number of carbonyl (C=O) groups excluding carboxylic acids is 2. The van der Waals surface area contributed by atoms with Crippen molar-refractivity contribution in [3.8, 4) is 0 Å². The van der Waals surface area contributed by atoms with Crippen molar-refractivity contribution in [2.45, 2.75) is 12.8 Å². The summed E-state index contributed by atoms with van der Waals surface area (Å²) >= 11 is 0. The third kappa shape index (κ3) is 3.67. The molecule has 1 atom stereocenters. The molecule has 0 fully saturated rings. The Balaban J connectivity index is 2.38. The lowest BCUT2D eigenvalue weighted by Crippen LogP contribution is -2.31. The Morgan fingerprint density at radius 2 is 2.09 bits per heavy atom. The molecule has 2 rings (SSSR count). The van der Waals surface area contributed by atoms with Gasteiger partial charge in [0.1, 0.15) is 5.41 Å². The molecule has 23 heavy (non-hydrogen) atoms. The molecule has 1 unspecified atom stereocenters. The third-order valence-corrected chi connectivity index (χ3v) is 3.76. The maximum Gasteiger partial charge on any atom is 0.319 e. The van der Waals surface area contributed by atoms with Gasteiger partial charge in [0, 0.05) is 17.0 Å². The first kappa shape index (κ1) is 16.5. The Hall–Kier alpha value is -2.85. The van der Waals surface area contributed by atoms with Crippen LogP contribution in [0.2, 0.25) is 0 Å². The minimum atomic E-state index is -1.02. The Morgan fingerprint density at radius 1 is 1.35 bits per heavy atom. The molecule has 118 valence electrons. The van der Waals surface area contributed by atoms with Crippen LogP contribution in [0.5, 0.6) is 0 Å². The van der Waals surface area contributed by atoms with Gasteiger partial charge in [-0.15, -0.1) is 0 Å². The maximum atomic E-state index is 12.3. The number of ether oxygens (including phenoxy) is 1. The fourth-order valence-electron chi connectivity index (χ4n) is 2.60. The molecular weight excluding hydrogens is 294 g/mol. The predicted molar refractivity (Wildman–Crippen MR) is 86.3 cm³/mol. The highest BCUT2D eigenvalue weighted by Gasteiger charge is 2.38. The zero-order chi connectivity index (χ0) is 16.7. The van der Waals surface area contributed by atoms with Gasteiger partial charge in [0.05, 0.1) is 7.11 Å². The van der Waals surface area contributed by atoms with Gasteiger partial charge >= 0.3 is 5.97 Å². The first-order valence-electron chi connectivity index (χ1n) is 7.24. The van der Waals surface area contributed by atoms with Gasteiger partial charge < -0.3 is 4.74 Å². The molecule has 1 aromatic carbocycles. The monoisotopic (exact) mass is 311 g/mol. The lowest BCUT2D eigenvalue weighted by Gasteiger charge is -2.28. The lowest BCUT2D eigenvalue weighted by molar-refractivity contribution is -0.147. The minimum absolute atomic E-state index is 0.147. The number of benzene rings is 1. The predicted octanol–water partition coefficient (Wildman–Crippen LogP) is 3.46. The number of hydrogen-bond donors (Lipinski definition) is 0. The van der Waals surface area contributed by atoms with Crippen LogP contribution >= 0.6 is 0 Å². The van der Waals surface area contributed by atoms with E-state index in [9.17, 15) is 9.59 Å². The molecule has 0 N–H and O–H groups in total. The molecule has 6 nitrogen and oxygen atoms in total. The maximum absolute atomic E-state index is 12.3. The number of nitrogens with zero attached hydrogens (tertiary/aromatic N) is 3. The first-order chi connectivity index (χ1) is 11.1. The van der Waals surface area contributed by atoms with E-state index in [0.717, 1.165) is 5.56 Å². The average molecular weight is 311 g/mol. The smallest absolute Gasteiger partial charge is 0.319 e. The van der Waals surface area contributed by atoms with E-state index in [1.165, 1.54) is 13.2 Å². The number of azide groups is 1. The second-order valence-corrected chi connectivity index (χ2v) is 5.21. The number of allylic oxidation sites excluding steroid dienone is 2. The van der Waals surface area contributed by atoms with Crippen molar-refractivity contribution in [2.75, 3.05) is 13.7 Å². The summed E-state index contributed by atoms with van der Waals surface area (Å²) in [5.41, 5.74) is 8.56. The highest BCUT2D eigenvalue weighted by atomic mass is 16.5. The van der Waals surface area contributed by atoms with Crippen molar-refractivity contribution >= 4 is 17.3 Å². The highest BCUT2D eigenvalue weighted by molar-refractivity contribution is 6.27. The Bertz CT molecular complexity index is 703. The van der Waals surface area contributed by atoms with Gasteiger partial charge in [-0.2, -0.15) is 0 Å². The van der Waals surface area contributed by atoms with E-state index in [0.29, 0.717) is 18.4 Å². The summed E-state index contributed by atoms with van der Waals surface area (Å²) in [6, 6.07) is 9.18. The zero-order valence-electron chi connectivity index (χ0n) is 12.8. The van der Waals surface area contributed by atoms with Gasteiger partial charge in [-0.3, -0.25) is 9.59 Å². The standard InChI is InChI=1S/C17H17N3O3/c1-23-16(22)17(9-5-11-19-20-18)10-8-15(21)14(12-17)13-6-3-2-4-7-13/h2-4,6-8,10,12H,5,9,11H2,1H3. The van der Waals surface area contributed by atoms with E-state index < -0.39 is 11.4 Å². The SMILES string of the molecule is COC(=O)C1(CCCN=[N+]=[N-])C=CC(=O)C(c2ccccc2)=C1. The van der Waals surface area contributed by atoms with Gasteiger partial charge in [-0.1, -0.05) is 47.6 Å². The van der Waals surface area contributed by atoms with Crippen molar-refractivity contribution in [2.24, 2.45) is 10.5 Å². The molecule has 0 amide bonds. The quantitative estimate of drug-likeness (QED) is 0.265. The van der Waals surface area contributed by atoms with E-state index in [2.05, 4.69) is 10.0 Å². The Labute approximate surface area is 134 Å². The summed E-state index contributed by atoms with van der Waals surface area (Å²) in [5.74, 6) is -0.582. The molecule has 0 saturated heterocycles. The second-order valence-electron chi connectivity index (χ2n) is 5.21. The number of methoxy groups -OCH3 is 1. The van der Waals surface area contributed by atoms with Crippen LogP contribution < -0.4 is 0 Å². The molecule has 6 heteroatoms. The largest absolute Gasteiger partial charge is 0.468 e. The van der Waals surface area contributed by atoms with Gasteiger partial charge in [0.25, 0.3) is 0 Å². The molecule has 0 heterocycles. The number of esters is 1. The minimum Gasteiger partial charge on any atom is -0.468 e. The summed E-state index contributed by atoms with van der Waals surface area (Å²) < 4.78 is 4.92. The Morgan fingerprint density at radius 3 is 2.74 bits per heavy atom. The van der Waals surface area contributed by atoms with Crippen molar-refractivity contribution in [1.82, 2.24) is 0 Å². The molecule has 0 radical (unpaired) electrons. The van der Waals surface area contributed by atoms with Gasteiger partial charge in [-0.05, 0) is 30.0 Å². The van der Waals surface area contributed by atoms with Crippen LogP contribution in [0.25, 0.3) is 16.0 Å². The number of hydrogen-bond acceptors (Lipinski definition) is 4. The fraction of sp³-hybridized carbons (Fsp3) is 0.294. The Kier molecular flexibility index (Phi) is 5.33. The normalized spacial score (nSPS) is 19.7.